The van der Waals surface area contributed by atoms with Crippen molar-refractivity contribution in [3.05, 3.63) is 34.9 Å². The van der Waals surface area contributed by atoms with Gasteiger partial charge in [0.15, 0.2) is 0 Å². The van der Waals surface area contributed by atoms with E-state index in [4.69, 9.17) is 0 Å². The lowest BCUT2D eigenvalue weighted by atomic mass is 9.92. The van der Waals surface area contributed by atoms with Crippen molar-refractivity contribution < 1.29 is 4.79 Å². The number of carbonyl (C=O) groups excluding carboxylic acids is 1. The highest BCUT2D eigenvalue weighted by atomic mass is 16.1. The summed E-state index contributed by atoms with van der Waals surface area (Å²) in [6, 6.07) is 6.28. The highest BCUT2D eigenvalue weighted by molar-refractivity contribution is 5.78. The average molecular weight is 242 g/mol. The summed E-state index contributed by atoms with van der Waals surface area (Å²) < 4.78 is 0. The van der Waals surface area contributed by atoms with Gasteiger partial charge in [0, 0.05) is 12.2 Å². The van der Waals surface area contributed by atoms with Crippen molar-refractivity contribution in [3.8, 4) is 0 Å². The fraction of sp³-hybridized carbons (Fsp3) is 0.400. The standard InChI is InChI=1S/C15H18N2O/c18-10-17-13-4-5-14-12(8-13)3-1-2-11-6-7-16-9-15(11)14/h4-5,8,10,16H,1-3,6-7,9H2,(H,17,18). The molecule has 0 saturated carbocycles. The Bertz CT molecular complexity index is 505. The lowest BCUT2D eigenvalue weighted by Crippen LogP contribution is -2.24. The van der Waals surface area contributed by atoms with Gasteiger partial charge in [0.1, 0.15) is 0 Å². The lowest BCUT2D eigenvalue weighted by Gasteiger charge is -2.21. The second-order valence-electron chi connectivity index (χ2n) is 5.00. The minimum absolute atomic E-state index is 0.741. The van der Waals surface area contributed by atoms with E-state index >= 15 is 0 Å². The van der Waals surface area contributed by atoms with Gasteiger partial charge in [0.05, 0.1) is 0 Å². The van der Waals surface area contributed by atoms with E-state index in [1.807, 2.05) is 6.07 Å². The van der Waals surface area contributed by atoms with Gasteiger partial charge in [0.25, 0.3) is 0 Å². The van der Waals surface area contributed by atoms with E-state index in [0.717, 1.165) is 31.6 Å². The third-order valence-electron chi connectivity index (χ3n) is 3.91. The average Bonchev–Trinajstić information content (AvgIpc) is 2.58. The van der Waals surface area contributed by atoms with E-state index in [9.17, 15) is 4.79 Å². The van der Waals surface area contributed by atoms with Crippen LogP contribution < -0.4 is 10.6 Å². The summed E-state index contributed by atoms with van der Waals surface area (Å²) in [6.07, 6.45) is 5.48. The summed E-state index contributed by atoms with van der Waals surface area (Å²) in [5.41, 5.74) is 6.77. The minimum atomic E-state index is 0.741. The number of amides is 1. The van der Waals surface area contributed by atoms with Crippen LogP contribution in [0.1, 0.15) is 30.4 Å². The molecule has 1 aromatic rings. The van der Waals surface area contributed by atoms with Crippen LogP contribution >= 0.6 is 0 Å². The molecule has 0 bridgehead atoms. The summed E-state index contributed by atoms with van der Waals surface area (Å²) >= 11 is 0. The summed E-state index contributed by atoms with van der Waals surface area (Å²) in [5, 5.41) is 6.20. The van der Waals surface area contributed by atoms with Crippen LogP contribution in [0.3, 0.4) is 0 Å². The van der Waals surface area contributed by atoms with E-state index in [2.05, 4.69) is 22.8 Å². The Morgan fingerprint density at radius 2 is 2.17 bits per heavy atom. The summed E-state index contributed by atoms with van der Waals surface area (Å²) in [6.45, 7) is 2.10. The lowest BCUT2D eigenvalue weighted by molar-refractivity contribution is -0.105. The Kier molecular flexibility index (Phi) is 3.15. The number of hydrogen-bond donors (Lipinski definition) is 2. The molecule has 3 nitrogen and oxygen atoms in total. The second kappa shape index (κ2) is 4.94. The first-order valence-corrected chi connectivity index (χ1v) is 6.63. The number of fused-ring (bicyclic) bond motifs is 2. The fourth-order valence-corrected chi connectivity index (χ4v) is 3.04. The summed E-state index contributed by atoms with van der Waals surface area (Å²) in [7, 11) is 0. The molecule has 2 aliphatic rings. The summed E-state index contributed by atoms with van der Waals surface area (Å²) in [5.74, 6) is 0. The zero-order chi connectivity index (χ0) is 12.4. The van der Waals surface area contributed by atoms with Gasteiger partial charge in [-0.15, -0.1) is 0 Å². The maximum absolute atomic E-state index is 10.5. The number of nitrogens with one attached hydrogen (secondary N) is 2. The maximum Gasteiger partial charge on any atom is 0.211 e. The summed E-state index contributed by atoms with van der Waals surface area (Å²) in [4.78, 5) is 10.5. The number of anilines is 1. The van der Waals surface area contributed by atoms with Crippen molar-refractivity contribution >= 4 is 17.7 Å². The van der Waals surface area contributed by atoms with Gasteiger partial charge in [-0.1, -0.05) is 11.6 Å². The number of hydrogen-bond acceptors (Lipinski definition) is 2. The second-order valence-corrected chi connectivity index (χ2v) is 5.00. The molecule has 0 aromatic heterocycles. The topological polar surface area (TPSA) is 41.1 Å². The number of carbonyl (C=O) groups is 1. The smallest absolute Gasteiger partial charge is 0.211 e. The van der Waals surface area contributed by atoms with Crippen LogP contribution in [0.4, 0.5) is 5.69 Å². The maximum atomic E-state index is 10.5. The Balaban J connectivity index is 2.04. The van der Waals surface area contributed by atoms with Crippen LogP contribution in [0.15, 0.2) is 23.8 Å². The molecule has 0 atom stereocenters. The van der Waals surface area contributed by atoms with Crippen molar-refractivity contribution in [1.29, 1.82) is 0 Å². The van der Waals surface area contributed by atoms with Crippen molar-refractivity contribution in [2.24, 2.45) is 0 Å². The predicted molar refractivity (Wildman–Crippen MR) is 73.5 cm³/mol. The third kappa shape index (κ3) is 2.06. The molecular formula is C15H18N2O. The highest BCUT2D eigenvalue weighted by Crippen LogP contribution is 2.34. The van der Waals surface area contributed by atoms with Crippen LogP contribution in [-0.4, -0.2) is 19.5 Å². The highest BCUT2D eigenvalue weighted by Gasteiger charge is 2.19. The molecule has 0 unspecified atom stereocenters. The van der Waals surface area contributed by atoms with Crippen LogP contribution in [0.5, 0.6) is 0 Å². The molecule has 18 heavy (non-hydrogen) atoms. The Labute approximate surface area is 107 Å². The van der Waals surface area contributed by atoms with E-state index in [1.165, 1.54) is 36.0 Å². The number of aryl methyl sites for hydroxylation is 1. The molecule has 0 fully saturated rings. The number of benzene rings is 1. The minimum Gasteiger partial charge on any atom is -0.329 e. The number of rotatable bonds is 2. The normalized spacial score (nSPS) is 18.7. The zero-order valence-corrected chi connectivity index (χ0v) is 10.5. The van der Waals surface area contributed by atoms with Gasteiger partial charge in [-0.2, -0.15) is 0 Å². The molecule has 1 heterocycles. The van der Waals surface area contributed by atoms with Crippen LogP contribution in [0.2, 0.25) is 0 Å². The van der Waals surface area contributed by atoms with E-state index in [0.29, 0.717) is 0 Å². The molecule has 1 amide bonds. The van der Waals surface area contributed by atoms with Gasteiger partial charge < -0.3 is 10.6 Å². The first kappa shape index (κ1) is 11.5. The molecule has 94 valence electrons. The van der Waals surface area contributed by atoms with Crippen LogP contribution in [0.25, 0.3) is 5.57 Å². The van der Waals surface area contributed by atoms with Crippen LogP contribution in [-0.2, 0) is 11.2 Å². The Morgan fingerprint density at radius 3 is 3.06 bits per heavy atom. The van der Waals surface area contributed by atoms with Gasteiger partial charge in [-0.05, 0) is 61.1 Å². The third-order valence-corrected chi connectivity index (χ3v) is 3.91. The largest absolute Gasteiger partial charge is 0.329 e. The molecule has 2 N–H and O–H groups in total. The predicted octanol–water partition coefficient (Wildman–Crippen LogP) is 2.34. The van der Waals surface area contributed by atoms with Crippen molar-refractivity contribution in [3.63, 3.8) is 0 Å². The molecule has 1 aliphatic carbocycles. The van der Waals surface area contributed by atoms with E-state index in [-0.39, 0.29) is 0 Å². The van der Waals surface area contributed by atoms with Crippen molar-refractivity contribution in [2.75, 3.05) is 18.4 Å². The molecule has 3 rings (SSSR count). The molecule has 0 radical (unpaired) electrons. The van der Waals surface area contributed by atoms with E-state index < -0.39 is 0 Å². The molecular weight excluding hydrogens is 224 g/mol. The monoisotopic (exact) mass is 242 g/mol. The van der Waals surface area contributed by atoms with Gasteiger partial charge in [0.2, 0.25) is 6.41 Å². The van der Waals surface area contributed by atoms with E-state index in [1.54, 1.807) is 5.57 Å². The molecule has 0 spiro atoms. The quantitative estimate of drug-likeness (QED) is 0.782. The first-order valence-electron chi connectivity index (χ1n) is 6.63. The molecule has 1 aliphatic heterocycles. The fourth-order valence-electron chi connectivity index (χ4n) is 3.04. The molecule has 1 aromatic carbocycles. The van der Waals surface area contributed by atoms with Gasteiger partial charge >= 0.3 is 0 Å². The first-order chi connectivity index (χ1) is 8.88. The van der Waals surface area contributed by atoms with Crippen LogP contribution in [0, 0.1) is 0 Å². The molecule has 0 saturated heterocycles. The van der Waals surface area contributed by atoms with Gasteiger partial charge in [-0.3, -0.25) is 4.79 Å². The van der Waals surface area contributed by atoms with Gasteiger partial charge in [-0.25, -0.2) is 0 Å². The zero-order valence-electron chi connectivity index (χ0n) is 10.5. The SMILES string of the molecule is O=CNc1ccc2c(c1)CCCC1=C2CNCC1. The van der Waals surface area contributed by atoms with Crippen molar-refractivity contribution in [1.82, 2.24) is 5.32 Å². The Morgan fingerprint density at radius 1 is 1.22 bits per heavy atom. The molecule has 3 heteroatoms. The van der Waals surface area contributed by atoms with Crippen molar-refractivity contribution in [2.45, 2.75) is 25.7 Å². The Hall–Kier alpha value is -1.61.